The predicted octanol–water partition coefficient (Wildman–Crippen LogP) is 1.01. The Morgan fingerprint density at radius 3 is 1.76 bits per heavy atom. The number of sulfonamides is 1. The van der Waals surface area contributed by atoms with Crippen LogP contribution in [0.5, 0.6) is 0 Å². The van der Waals surface area contributed by atoms with Gasteiger partial charge in [0.2, 0.25) is 10.0 Å². The molecule has 0 amide bonds. The lowest BCUT2D eigenvalue weighted by molar-refractivity contribution is 0.309. The van der Waals surface area contributed by atoms with Crippen LogP contribution in [0.3, 0.4) is 0 Å². The molecule has 1 saturated heterocycles. The number of nitrogens with zero attached hydrogens (tertiary/aromatic N) is 1. The zero-order chi connectivity index (χ0) is 12.7. The third-order valence-corrected chi connectivity index (χ3v) is 5.84. The maximum absolute atomic E-state index is 11.9. The molecule has 1 aromatic rings. The van der Waals surface area contributed by atoms with Gasteiger partial charge in [0.15, 0.2) is 0 Å². The molecular weight excluding hydrogens is 286 g/mol. The highest BCUT2D eigenvalue weighted by Crippen LogP contribution is 2.23. The van der Waals surface area contributed by atoms with Crippen LogP contribution < -0.4 is 0 Å². The summed E-state index contributed by atoms with van der Waals surface area (Å²) in [7, 11) is -2.14. The van der Waals surface area contributed by atoms with Crippen LogP contribution in [0, 0.1) is 0 Å². The average molecular weight is 296 g/mol. The number of rotatable bonds is 3. The van der Waals surface area contributed by atoms with Crippen molar-refractivity contribution in [2.45, 2.75) is 16.2 Å². The standard InChI is InChI=1S/C9H10ClNO4S2/c10-16(12,13)8-2-4-9(5-3-8)17(14,15)11-6-1-7-11/h2-5H,1,6-7H2. The van der Waals surface area contributed by atoms with Crippen molar-refractivity contribution < 1.29 is 16.8 Å². The van der Waals surface area contributed by atoms with Gasteiger partial charge in [0.25, 0.3) is 9.05 Å². The monoisotopic (exact) mass is 295 g/mol. The number of hydrogen-bond acceptors (Lipinski definition) is 4. The summed E-state index contributed by atoms with van der Waals surface area (Å²) in [5.74, 6) is 0. The van der Waals surface area contributed by atoms with Gasteiger partial charge in [0.1, 0.15) is 0 Å². The van der Waals surface area contributed by atoms with Gasteiger partial charge in [-0.1, -0.05) is 0 Å². The van der Waals surface area contributed by atoms with Crippen molar-refractivity contribution in [3.05, 3.63) is 24.3 Å². The number of halogens is 1. The van der Waals surface area contributed by atoms with Crippen molar-refractivity contribution in [2.24, 2.45) is 0 Å². The first-order chi connectivity index (χ1) is 7.82. The van der Waals surface area contributed by atoms with Crippen LogP contribution >= 0.6 is 10.7 Å². The minimum atomic E-state index is -3.81. The van der Waals surface area contributed by atoms with Gasteiger partial charge in [-0.3, -0.25) is 0 Å². The van der Waals surface area contributed by atoms with Crippen molar-refractivity contribution in [1.29, 1.82) is 0 Å². The number of hydrogen-bond donors (Lipinski definition) is 0. The fourth-order valence-electron chi connectivity index (χ4n) is 1.45. The molecule has 0 radical (unpaired) electrons. The first kappa shape index (κ1) is 12.8. The normalized spacial score (nSPS) is 17.7. The smallest absolute Gasteiger partial charge is 0.207 e. The third-order valence-electron chi connectivity index (χ3n) is 2.56. The molecule has 1 aromatic carbocycles. The molecule has 0 bridgehead atoms. The Kier molecular flexibility index (Phi) is 3.19. The van der Waals surface area contributed by atoms with E-state index in [1.165, 1.54) is 28.6 Å². The number of benzene rings is 1. The second-order valence-electron chi connectivity index (χ2n) is 3.67. The molecule has 0 atom stereocenters. The van der Waals surface area contributed by atoms with E-state index in [2.05, 4.69) is 0 Å². The quantitative estimate of drug-likeness (QED) is 0.780. The van der Waals surface area contributed by atoms with E-state index in [0.29, 0.717) is 13.1 Å². The summed E-state index contributed by atoms with van der Waals surface area (Å²) in [6, 6.07) is 4.88. The van der Waals surface area contributed by atoms with Crippen LogP contribution in [-0.4, -0.2) is 34.2 Å². The molecule has 0 saturated carbocycles. The summed E-state index contributed by atoms with van der Waals surface area (Å²) in [6.45, 7) is 1.02. The Hall–Kier alpha value is -0.630. The Morgan fingerprint density at radius 2 is 1.41 bits per heavy atom. The van der Waals surface area contributed by atoms with Gasteiger partial charge in [-0.15, -0.1) is 0 Å². The molecule has 1 fully saturated rings. The second kappa shape index (κ2) is 4.24. The zero-order valence-corrected chi connectivity index (χ0v) is 11.1. The van der Waals surface area contributed by atoms with E-state index in [0.717, 1.165) is 6.42 Å². The largest absolute Gasteiger partial charge is 0.261 e. The molecule has 2 rings (SSSR count). The van der Waals surface area contributed by atoms with E-state index in [4.69, 9.17) is 10.7 Å². The highest BCUT2D eigenvalue weighted by atomic mass is 35.7. The zero-order valence-electron chi connectivity index (χ0n) is 8.71. The average Bonchev–Trinajstić information content (AvgIpc) is 2.13. The minimum absolute atomic E-state index is 0.0845. The minimum Gasteiger partial charge on any atom is -0.207 e. The third kappa shape index (κ3) is 2.47. The van der Waals surface area contributed by atoms with Crippen LogP contribution in [0.2, 0.25) is 0 Å². The Balaban J connectivity index is 2.36. The van der Waals surface area contributed by atoms with Gasteiger partial charge in [-0.05, 0) is 30.7 Å². The first-order valence-electron chi connectivity index (χ1n) is 4.87. The lowest BCUT2D eigenvalue weighted by atomic mass is 10.3. The molecular formula is C9H10ClNO4S2. The lowest BCUT2D eigenvalue weighted by Gasteiger charge is -2.29. The summed E-state index contributed by atoms with van der Waals surface area (Å²) in [6.07, 6.45) is 0.855. The van der Waals surface area contributed by atoms with Crippen molar-refractivity contribution in [3.8, 4) is 0 Å². The van der Waals surface area contributed by atoms with Crippen LogP contribution in [0.25, 0.3) is 0 Å². The molecule has 5 nitrogen and oxygen atoms in total. The maximum atomic E-state index is 11.9. The summed E-state index contributed by atoms with van der Waals surface area (Å²) in [4.78, 5) is -0.0250. The Bertz CT molecular complexity index is 617. The van der Waals surface area contributed by atoms with E-state index in [1.54, 1.807) is 0 Å². The van der Waals surface area contributed by atoms with E-state index >= 15 is 0 Å². The molecule has 0 spiro atoms. The van der Waals surface area contributed by atoms with Gasteiger partial charge >= 0.3 is 0 Å². The summed E-state index contributed by atoms with van der Waals surface area (Å²) >= 11 is 0. The fraction of sp³-hybridized carbons (Fsp3) is 0.333. The molecule has 0 unspecified atom stereocenters. The maximum Gasteiger partial charge on any atom is 0.261 e. The van der Waals surface area contributed by atoms with Gasteiger partial charge in [-0.2, -0.15) is 4.31 Å². The molecule has 94 valence electrons. The van der Waals surface area contributed by atoms with Gasteiger partial charge in [0, 0.05) is 23.8 Å². The Labute approximate surface area is 104 Å². The first-order valence-corrected chi connectivity index (χ1v) is 8.62. The van der Waals surface area contributed by atoms with Gasteiger partial charge in [-0.25, -0.2) is 16.8 Å². The van der Waals surface area contributed by atoms with Crippen molar-refractivity contribution in [3.63, 3.8) is 0 Å². The fourth-order valence-corrected chi connectivity index (χ4v) is 3.74. The molecule has 8 heteroatoms. The summed E-state index contributed by atoms with van der Waals surface area (Å²) in [5.41, 5.74) is 0. The van der Waals surface area contributed by atoms with Gasteiger partial charge in [0.05, 0.1) is 9.79 Å². The molecule has 0 aliphatic carbocycles. The van der Waals surface area contributed by atoms with E-state index in [9.17, 15) is 16.8 Å². The van der Waals surface area contributed by atoms with Crippen LogP contribution in [0.1, 0.15) is 6.42 Å². The van der Waals surface area contributed by atoms with Crippen LogP contribution in [-0.2, 0) is 19.1 Å². The second-order valence-corrected chi connectivity index (χ2v) is 8.17. The van der Waals surface area contributed by atoms with Crippen molar-refractivity contribution in [2.75, 3.05) is 13.1 Å². The van der Waals surface area contributed by atoms with E-state index in [-0.39, 0.29) is 9.79 Å². The molecule has 1 aliphatic rings. The van der Waals surface area contributed by atoms with E-state index in [1.807, 2.05) is 0 Å². The van der Waals surface area contributed by atoms with Gasteiger partial charge < -0.3 is 0 Å². The molecule has 0 aromatic heterocycles. The predicted molar refractivity (Wildman–Crippen MR) is 62.9 cm³/mol. The molecule has 17 heavy (non-hydrogen) atoms. The molecule has 1 heterocycles. The highest BCUT2D eigenvalue weighted by Gasteiger charge is 2.29. The SMILES string of the molecule is O=S(=O)(Cl)c1ccc(S(=O)(=O)N2CCC2)cc1. The highest BCUT2D eigenvalue weighted by molar-refractivity contribution is 8.13. The van der Waals surface area contributed by atoms with E-state index < -0.39 is 19.1 Å². The van der Waals surface area contributed by atoms with Crippen molar-refractivity contribution >= 4 is 29.8 Å². The lowest BCUT2D eigenvalue weighted by Crippen LogP contribution is -2.41. The molecule has 1 aliphatic heterocycles. The topological polar surface area (TPSA) is 71.5 Å². The summed E-state index contributed by atoms with van der Waals surface area (Å²) < 4.78 is 47.2. The van der Waals surface area contributed by atoms with Crippen LogP contribution in [0.15, 0.2) is 34.1 Å². The van der Waals surface area contributed by atoms with Crippen molar-refractivity contribution in [1.82, 2.24) is 4.31 Å². The molecule has 0 N–H and O–H groups in total. The Morgan fingerprint density at radius 1 is 0.941 bits per heavy atom. The van der Waals surface area contributed by atoms with Crippen LogP contribution in [0.4, 0.5) is 0 Å². The summed E-state index contributed by atoms with van der Waals surface area (Å²) in [5, 5.41) is 0.